The predicted molar refractivity (Wildman–Crippen MR) is 82.8 cm³/mol. The topological polar surface area (TPSA) is 102 Å². The molecule has 0 fully saturated rings. The van der Waals surface area contributed by atoms with Crippen LogP contribution in [0.4, 0.5) is 0 Å². The Morgan fingerprint density at radius 1 is 1.13 bits per heavy atom. The van der Waals surface area contributed by atoms with Crippen LogP contribution in [-0.4, -0.2) is 11.0 Å². The first-order valence-electron chi connectivity index (χ1n) is 6.72. The Morgan fingerprint density at radius 3 is 2.52 bits per heavy atom. The molecular formula is C17H11N3O3. The first-order chi connectivity index (χ1) is 11.2. The minimum atomic E-state index is -0.916. The fourth-order valence-corrected chi connectivity index (χ4v) is 2.00. The van der Waals surface area contributed by atoms with Crippen molar-refractivity contribution in [1.29, 1.82) is 5.26 Å². The number of esters is 1. The van der Waals surface area contributed by atoms with Gasteiger partial charge < -0.3 is 14.9 Å². The minimum Gasteiger partial charge on any atom is -0.409 e. The van der Waals surface area contributed by atoms with E-state index in [2.05, 4.69) is 4.98 Å². The van der Waals surface area contributed by atoms with Crippen LogP contribution in [0.1, 0.15) is 5.56 Å². The van der Waals surface area contributed by atoms with Crippen LogP contribution in [0.2, 0.25) is 0 Å². The van der Waals surface area contributed by atoms with Crippen LogP contribution in [0.5, 0.6) is 6.08 Å². The Kier molecular flexibility index (Phi) is 3.77. The van der Waals surface area contributed by atoms with Crippen LogP contribution in [0, 0.1) is 11.3 Å². The SMILES string of the molecule is N#CC(C(=O)Oc1nc2ccccc2o1)=C(N)c1ccccc1. The number of hydrogen-bond acceptors (Lipinski definition) is 6. The third-order valence-electron chi connectivity index (χ3n) is 3.12. The number of hydrogen-bond donors (Lipinski definition) is 1. The van der Waals surface area contributed by atoms with E-state index in [0.717, 1.165) is 0 Å². The summed E-state index contributed by atoms with van der Waals surface area (Å²) in [5, 5.41) is 9.21. The summed E-state index contributed by atoms with van der Waals surface area (Å²) in [6, 6.07) is 17.4. The van der Waals surface area contributed by atoms with Crippen molar-refractivity contribution in [2.24, 2.45) is 5.73 Å². The van der Waals surface area contributed by atoms with Crippen LogP contribution in [0.25, 0.3) is 16.8 Å². The minimum absolute atomic E-state index is 0.0363. The lowest BCUT2D eigenvalue weighted by Gasteiger charge is -2.04. The molecule has 0 saturated carbocycles. The molecule has 1 aromatic heterocycles. The summed E-state index contributed by atoms with van der Waals surface area (Å²) in [4.78, 5) is 16.2. The number of nitrogens with zero attached hydrogens (tertiary/aromatic N) is 2. The standard InChI is InChI=1S/C17H11N3O3/c18-10-12(15(19)11-6-2-1-3-7-11)16(21)23-17-20-13-8-4-5-9-14(13)22-17/h1-9H,19H2. The molecule has 2 aromatic carbocycles. The summed E-state index contributed by atoms with van der Waals surface area (Å²) < 4.78 is 10.3. The summed E-state index contributed by atoms with van der Waals surface area (Å²) in [5.41, 5.74) is 7.20. The van der Waals surface area contributed by atoms with E-state index in [-0.39, 0.29) is 17.3 Å². The number of benzene rings is 2. The lowest BCUT2D eigenvalue weighted by Crippen LogP contribution is -2.15. The number of rotatable bonds is 3. The maximum Gasteiger partial charge on any atom is 0.402 e. The van der Waals surface area contributed by atoms with Gasteiger partial charge in [-0.1, -0.05) is 42.5 Å². The Morgan fingerprint density at radius 2 is 1.83 bits per heavy atom. The molecule has 6 heteroatoms. The monoisotopic (exact) mass is 305 g/mol. The summed E-state index contributed by atoms with van der Waals surface area (Å²) >= 11 is 0. The van der Waals surface area contributed by atoms with Crippen molar-refractivity contribution in [3.8, 4) is 12.1 Å². The van der Waals surface area contributed by atoms with Gasteiger partial charge in [-0.3, -0.25) is 0 Å². The van der Waals surface area contributed by atoms with Gasteiger partial charge in [0.2, 0.25) is 0 Å². The molecule has 0 amide bonds. The number of nitrogens with two attached hydrogens (primary N) is 1. The number of nitriles is 1. The van der Waals surface area contributed by atoms with E-state index in [1.165, 1.54) is 0 Å². The molecule has 3 rings (SSSR count). The molecule has 0 radical (unpaired) electrons. The number of carbonyl (C=O) groups excluding carboxylic acids is 1. The molecule has 1 heterocycles. The summed E-state index contributed by atoms with van der Waals surface area (Å²) in [6.07, 6.45) is -0.232. The van der Waals surface area contributed by atoms with Gasteiger partial charge in [-0.2, -0.15) is 10.2 Å². The molecule has 0 aliphatic carbocycles. The fourth-order valence-electron chi connectivity index (χ4n) is 2.00. The van der Waals surface area contributed by atoms with Gasteiger partial charge in [0.25, 0.3) is 0 Å². The number of para-hydroxylation sites is 2. The highest BCUT2D eigenvalue weighted by molar-refractivity contribution is 6.01. The van der Waals surface area contributed by atoms with E-state index < -0.39 is 5.97 Å². The highest BCUT2D eigenvalue weighted by atomic mass is 16.6. The average Bonchev–Trinajstić information content (AvgIpc) is 2.98. The van der Waals surface area contributed by atoms with Crippen LogP contribution in [0.15, 0.2) is 64.6 Å². The van der Waals surface area contributed by atoms with Crippen molar-refractivity contribution in [2.75, 3.05) is 0 Å². The Balaban J connectivity index is 1.90. The molecule has 0 bridgehead atoms. The van der Waals surface area contributed by atoms with Gasteiger partial charge in [-0.25, -0.2) is 4.79 Å². The third kappa shape index (κ3) is 2.89. The van der Waals surface area contributed by atoms with Crippen LogP contribution in [0.3, 0.4) is 0 Å². The zero-order valence-corrected chi connectivity index (χ0v) is 11.9. The second-order valence-electron chi connectivity index (χ2n) is 4.60. The largest absolute Gasteiger partial charge is 0.409 e. The van der Waals surface area contributed by atoms with E-state index >= 15 is 0 Å². The number of oxazole rings is 1. The number of aromatic nitrogens is 1. The van der Waals surface area contributed by atoms with Crippen molar-refractivity contribution in [1.82, 2.24) is 4.98 Å². The molecule has 112 valence electrons. The Hall–Kier alpha value is -3.59. The van der Waals surface area contributed by atoms with Gasteiger partial charge in [0, 0.05) is 0 Å². The molecule has 0 spiro atoms. The number of ether oxygens (including phenoxy) is 1. The van der Waals surface area contributed by atoms with Crippen LogP contribution >= 0.6 is 0 Å². The quantitative estimate of drug-likeness (QED) is 0.453. The number of fused-ring (bicyclic) bond motifs is 1. The van der Waals surface area contributed by atoms with Gasteiger partial charge in [0.15, 0.2) is 11.2 Å². The molecule has 0 atom stereocenters. The maximum absolute atomic E-state index is 12.2. The molecule has 23 heavy (non-hydrogen) atoms. The summed E-state index contributed by atoms with van der Waals surface area (Å²) in [7, 11) is 0. The Bertz CT molecular complexity index is 903. The number of carbonyl (C=O) groups is 1. The second kappa shape index (κ2) is 6.03. The first kappa shape index (κ1) is 14.4. The zero-order valence-electron chi connectivity index (χ0n) is 11.9. The molecule has 0 unspecified atom stereocenters. The van der Waals surface area contributed by atoms with Crippen molar-refractivity contribution in [2.45, 2.75) is 0 Å². The summed E-state index contributed by atoms with van der Waals surface area (Å²) in [6.45, 7) is 0. The van der Waals surface area contributed by atoms with Crippen molar-refractivity contribution < 1.29 is 13.9 Å². The average molecular weight is 305 g/mol. The fraction of sp³-hybridized carbons (Fsp3) is 0. The van der Waals surface area contributed by atoms with E-state index in [4.69, 9.17) is 14.9 Å². The van der Waals surface area contributed by atoms with Gasteiger partial charge in [-0.05, 0) is 17.7 Å². The molecular weight excluding hydrogens is 294 g/mol. The Labute approximate surface area is 131 Å². The molecule has 3 aromatic rings. The smallest absolute Gasteiger partial charge is 0.402 e. The van der Waals surface area contributed by atoms with E-state index in [1.807, 2.05) is 0 Å². The van der Waals surface area contributed by atoms with E-state index in [0.29, 0.717) is 16.7 Å². The van der Waals surface area contributed by atoms with Crippen LogP contribution in [-0.2, 0) is 4.79 Å². The lowest BCUT2D eigenvalue weighted by molar-refractivity contribution is -0.131. The highest BCUT2D eigenvalue weighted by Crippen LogP contribution is 2.21. The molecule has 2 N–H and O–H groups in total. The van der Waals surface area contributed by atoms with Gasteiger partial charge in [-0.15, -0.1) is 0 Å². The van der Waals surface area contributed by atoms with Crippen molar-refractivity contribution >= 4 is 22.8 Å². The van der Waals surface area contributed by atoms with E-state index in [1.54, 1.807) is 60.7 Å². The van der Waals surface area contributed by atoms with Crippen molar-refractivity contribution in [3.63, 3.8) is 0 Å². The second-order valence-corrected chi connectivity index (χ2v) is 4.60. The molecule has 6 nitrogen and oxygen atoms in total. The van der Waals surface area contributed by atoms with E-state index in [9.17, 15) is 10.1 Å². The summed E-state index contributed by atoms with van der Waals surface area (Å²) in [5.74, 6) is -0.916. The highest BCUT2D eigenvalue weighted by Gasteiger charge is 2.20. The maximum atomic E-state index is 12.2. The normalized spacial score (nSPS) is 11.6. The molecule has 0 aliphatic heterocycles. The first-order valence-corrected chi connectivity index (χ1v) is 6.72. The van der Waals surface area contributed by atoms with Crippen LogP contribution < -0.4 is 10.5 Å². The zero-order chi connectivity index (χ0) is 16.2. The third-order valence-corrected chi connectivity index (χ3v) is 3.12. The predicted octanol–water partition coefficient (Wildman–Crippen LogP) is 2.63. The molecule has 0 aliphatic rings. The molecule has 0 saturated heterocycles. The lowest BCUT2D eigenvalue weighted by atomic mass is 10.1. The van der Waals surface area contributed by atoms with Gasteiger partial charge >= 0.3 is 12.0 Å². The van der Waals surface area contributed by atoms with Gasteiger partial charge in [0.1, 0.15) is 11.6 Å². The van der Waals surface area contributed by atoms with Gasteiger partial charge in [0.05, 0.1) is 5.70 Å². The van der Waals surface area contributed by atoms with Crippen molar-refractivity contribution in [3.05, 3.63) is 65.7 Å².